The van der Waals surface area contributed by atoms with Gasteiger partial charge >= 0.3 is 6.16 Å². The molecule has 3 aliphatic carbocycles. The number of nitrogens with zero attached hydrogens (tertiary/aromatic N) is 3. The van der Waals surface area contributed by atoms with E-state index in [2.05, 4.69) is 4.74 Å². The van der Waals surface area contributed by atoms with Crippen LogP contribution in [-0.4, -0.2) is 48.3 Å². The van der Waals surface area contributed by atoms with Crippen LogP contribution in [0.4, 0.5) is 18.0 Å². The summed E-state index contributed by atoms with van der Waals surface area (Å²) in [5.74, 6) is -5.17. The molecule has 0 bridgehead atoms. The van der Waals surface area contributed by atoms with Gasteiger partial charge in [-0.15, -0.1) is 11.3 Å². The molecular formula is C36H30F3N3O6S. The van der Waals surface area contributed by atoms with E-state index in [0.717, 1.165) is 54.9 Å². The highest BCUT2D eigenvalue weighted by molar-refractivity contribution is 7.14. The van der Waals surface area contributed by atoms with Gasteiger partial charge in [-0.25, -0.2) is 18.0 Å². The molecule has 1 saturated carbocycles. The number of carbonyl (C=O) groups excluding carboxylic acids is 2. The number of hydrogen-bond acceptors (Lipinski definition) is 8. The van der Waals surface area contributed by atoms with Crippen LogP contribution >= 0.6 is 11.3 Å². The van der Waals surface area contributed by atoms with Gasteiger partial charge in [-0.2, -0.15) is 0 Å². The first kappa shape index (κ1) is 30.3. The molecule has 9 nitrogen and oxygen atoms in total. The van der Waals surface area contributed by atoms with Crippen LogP contribution in [0, 0.1) is 11.2 Å². The minimum absolute atomic E-state index is 0.00911. The molecule has 49 heavy (non-hydrogen) atoms. The Balaban J connectivity index is 1.32. The Kier molecular flexibility index (Phi) is 6.56. The second kappa shape index (κ2) is 10.6. The molecule has 0 N–H and O–H groups in total. The van der Waals surface area contributed by atoms with E-state index < -0.39 is 60.2 Å². The summed E-state index contributed by atoms with van der Waals surface area (Å²) in [7, 11) is 1.13. The minimum Gasteiger partial charge on any atom is -0.451 e. The predicted octanol–water partition coefficient (Wildman–Crippen LogP) is 6.94. The maximum Gasteiger partial charge on any atom is 0.510 e. The number of hydrogen-bond donors (Lipinski definition) is 0. The highest BCUT2D eigenvalue weighted by Gasteiger charge is 2.54. The monoisotopic (exact) mass is 689 g/mol. The molecule has 0 unspecified atom stereocenters. The van der Waals surface area contributed by atoms with Gasteiger partial charge in [0.05, 0.1) is 18.7 Å². The molecular weight excluding hydrogens is 659 g/mol. The number of carbonyl (C=O) groups is 2. The number of fused-ring (bicyclic) bond motifs is 4. The lowest BCUT2D eigenvalue weighted by Gasteiger charge is -2.58. The minimum atomic E-state index is -3.45. The van der Waals surface area contributed by atoms with Crippen molar-refractivity contribution < 1.29 is 37.0 Å². The van der Waals surface area contributed by atoms with Crippen LogP contribution in [0.25, 0.3) is 21.6 Å². The van der Waals surface area contributed by atoms with Crippen molar-refractivity contribution in [1.82, 2.24) is 9.58 Å². The Morgan fingerprint density at radius 2 is 1.86 bits per heavy atom. The summed E-state index contributed by atoms with van der Waals surface area (Å²) in [6, 6.07) is 10.9. The van der Waals surface area contributed by atoms with Gasteiger partial charge in [-0.3, -0.25) is 19.3 Å². The average Bonchev–Trinajstić information content (AvgIpc) is 3.44. The molecule has 2 aromatic carbocycles. The summed E-state index contributed by atoms with van der Waals surface area (Å²) in [6.07, 6.45) is 3.84. The number of ether oxygens (including phenoxy) is 3. The van der Waals surface area contributed by atoms with Crippen LogP contribution < -0.4 is 15.2 Å². The smallest absolute Gasteiger partial charge is 0.451 e. The Bertz CT molecular complexity index is 2140. The van der Waals surface area contributed by atoms with Crippen molar-refractivity contribution in [3.63, 3.8) is 0 Å². The summed E-state index contributed by atoms with van der Waals surface area (Å²) in [6.45, 7) is -0.277. The van der Waals surface area contributed by atoms with Crippen molar-refractivity contribution in [1.29, 1.82) is 0 Å². The van der Waals surface area contributed by atoms with E-state index in [1.807, 2.05) is 29.3 Å². The Morgan fingerprint density at radius 3 is 2.63 bits per heavy atom. The summed E-state index contributed by atoms with van der Waals surface area (Å²) >= 11 is 1.37. The van der Waals surface area contributed by atoms with Crippen LogP contribution in [-0.2, 0) is 21.8 Å². The topological polar surface area (TPSA) is 90.3 Å². The SMILES string of the molecule is COC(=O)OCOc1c2n(ccc1=O)N([C@@H]1c3ccccc3-c3scc4c3-c3c1ccc(F)c3C(F)(F)C4)[C@@H]1CC3(CCC3)CCN1C2=O. The van der Waals surface area contributed by atoms with E-state index in [4.69, 9.17) is 9.47 Å². The highest BCUT2D eigenvalue weighted by atomic mass is 32.1. The van der Waals surface area contributed by atoms with E-state index in [1.165, 1.54) is 23.6 Å². The Morgan fingerprint density at radius 1 is 1.04 bits per heavy atom. The molecule has 1 spiro atoms. The third-order valence-corrected chi connectivity index (χ3v) is 12.1. The number of halogens is 3. The van der Waals surface area contributed by atoms with E-state index in [-0.39, 0.29) is 22.4 Å². The van der Waals surface area contributed by atoms with Gasteiger partial charge in [-0.05, 0) is 64.8 Å². The summed E-state index contributed by atoms with van der Waals surface area (Å²) in [5, 5.41) is 3.73. The van der Waals surface area contributed by atoms with E-state index in [0.29, 0.717) is 29.7 Å². The number of benzene rings is 2. The molecule has 252 valence electrons. The van der Waals surface area contributed by atoms with Gasteiger partial charge in [0.1, 0.15) is 12.0 Å². The van der Waals surface area contributed by atoms with Gasteiger partial charge in [0.15, 0.2) is 5.69 Å². The van der Waals surface area contributed by atoms with Crippen molar-refractivity contribution >= 4 is 23.4 Å². The molecule has 2 aliphatic heterocycles. The molecule has 2 fully saturated rings. The number of aromatic nitrogens is 1. The summed E-state index contributed by atoms with van der Waals surface area (Å²) in [4.78, 5) is 41.9. The first-order valence-electron chi connectivity index (χ1n) is 16.2. The van der Waals surface area contributed by atoms with Crippen molar-refractivity contribution in [3.8, 4) is 27.3 Å². The lowest BCUT2D eigenvalue weighted by atomic mass is 9.62. The molecule has 1 saturated heterocycles. The van der Waals surface area contributed by atoms with Crippen LogP contribution in [0.5, 0.6) is 5.75 Å². The van der Waals surface area contributed by atoms with E-state index in [9.17, 15) is 14.4 Å². The molecule has 4 heterocycles. The zero-order chi connectivity index (χ0) is 33.8. The van der Waals surface area contributed by atoms with Gasteiger partial charge in [0, 0.05) is 41.2 Å². The van der Waals surface area contributed by atoms with Crippen molar-refractivity contribution in [2.75, 3.05) is 25.5 Å². The molecule has 1 amide bonds. The lowest BCUT2D eigenvalue weighted by molar-refractivity contribution is -0.0176. The molecule has 5 aliphatic rings. The summed E-state index contributed by atoms with van der Waals surface area (Å²) < 4.78 is 64.4. The number of amides is 1. The predicted molar refractivity (Wildman–Crippen MR) is 173 cm³/mol. The summed E-state index contributed by atoms with van der Waals surface area (Å²) in [5.41, 5.74) is 2.05. The van der Waals surface area contributed by atoms with Gasteiger partial charge in [0.2, 0.25) is 18.0 Å². The fraction of sp³-hybridized carbons (Fsp3) is 0.361. The van der Waals surface area contributed by atoms with Crippen molar-refractivity contribution in [2.24, 2.45) is 5.41 Å². The first-order valence-corrected chi connectivity index (χ1v) is 17.1. The zero-order valence-corrected chi connectivity index (χ0v) is 27.2. The van der Waals surface area contributed by atoms with E-state index in [1.54, 1.807) is 21.0 Å². The molecule has 4 aromatic rings. The van der Waals surface area contributed by atoms with Crippen molar-refractivity contribution in [3.05, 3.63) is 98.0 Å². The number of methoxy groups -OCH3 is 1. The maximum absolute atomic E-state index is 16.0. The fourth-order valence-corrected chi connectivity index (χ4v) is 9.81. The number of thiophene rings is 1. The molecule has 13 heteroatoms. The number of piperidine rings is 1. The third-order valence-electron chi connectivity index (χ3n) is 11.0. The van der Waals surface area contributed by atoms with Crippen LogP contribution in [0.15, 0.2) is 58.8 Å². The first-order chi connectivity index (χ1) is 23.6. The standard InChI is InChI=1S/C36H30F3N3O6S/c1-46-34(45)48-18-47-31-24(43)9-13-41-30(31)33(44)40-14-12-35(10-4-11-35)16-25(40)42(41)29-20-5-2-3-6-21(20)32-26-19(17-49-32)15-36(38,39)28-23(37)8-7-22(29)27(26)28/h2-3,5-9,13,17,25,29H,4,10-12,14-16,18H2,1H3/t25-,29-/m1/s1. The lowest BCUT2D eigenvalue weighted by Crippen LogP contribution is -2.66. The van der Waals surface area contributed by atoms with Gasteiger partial charge < -0.3 is 19.1 Å². The second-order valence-electron chi connectivity index (χ2n) is 13.5. The van der Waals surface area contributed by atoms with Crippen molar-refractivity contribution in [2.45, 2.75) is 56.7 Å². The quantitative estimate of drug-likeness (QED) is 0.170. The Hall–Kier alpha value is -4.78. The van der Waals surface area contributed by atoms with Crippen LogP contribution in [0.2, 0.25) is 0 Å². The number of rotatable bonds is 4. The van der Waals surface area contributed by atoms with E-state index >= 15 is 13.2 Å². The average molecular weight is 690 g/mol. The maximum atomic E-state index is 16.0. The van der Waals surface area contributed by atoms with Crippen LogP contribution in [0.1, 0.15) is 70.9 Å². The fourth-order valence-electron chi connectivity index (χ4n) is 8.68. The van der Waals surface area contributed by atoms with Crippen LogP contribution in [0.3, 0.4) is 0 Å². The Labute approximate surface area is 282 Å². The van der Waals surface area contributed by atoms with Gasteiger partial charge in [0.25, 0.3) is 11.8 Å². The molecule has 2 atom stereocenters. The number of alkyl halides is 2. The molecule has 0 radical (unpaired) electrons. The number of pyridine rings is 1. The second-order valence-corrected chi connectivity index (χ2v) is 14.3. The van der Waals surface area contributed by atoms with Gasteiger partial charge in [-0.1, -0.05) is 36.8 Å². The normalized spacial score (nSPS) is 21.8. The third kappa shape index (κ3) is 4.26. The molecule has 2 aromatic heterocycles. The largest absolute Gasteiger partial charge is 0.510 e. The molecule has 9 rings (SSSR count). The zero-order valence-electron chi connectivity index (χ0n) is 26.3. The highest BCUT2D eigenvalue weighted by Crippen LogP contribution is 2.59.